The summed E-state index contributed by atoms with van der Waals surface area (Å²) in [6, 6.07) is 17.1. The Balaban J connectivity index is 1.71. The molecular weight excluding hydrogens is 324 g/mol. The molecule has 2 aromatic rings. The van der Waals surface area contributed by atoms with E-state index in [1.807, 2.05) is 53.4 Å². The normalized spacial score (nSPS) is 14.2. The molecule has 26 heavy (non-hydrogen) atoms. The summed E-state index contributed by atoms with van der Waals surface area (Å²) < 4.78 is 0. The second kappa shape index (κ2) is 8.17. The van der Waals surface area contributed by atoms with E-state index in [0.717, 1.165) is 17.7 Å². The van der Waals surface area contributed by atoms with Gasteiger partial charge in [0.2, 0.25) is 11.8 Å². The molecule has 2 amide bonds. The quantitative estimate of drug-likeness (QED) is 0.868. The Labute approximate surface area is 155 Å². The molecule has 1 aliphatic rings. The van der Waals surface area contributed by atoms with Crippen molar-refractivity contribution >= 4 is 17.5 Å². The summed E-state index contributed by atoms with van der Waals surface area (Å²) in [5, 5.41) is 2.97. The molecule has 1 atom stereocenters. The molecule has 136 valence electrons. The molecule has 0 fully saturated rings. The van der Waals surface area contributed by atoms with Crippen LogP contribution in [-0.2, 0) is 22.4 Å². The lowest BCUT2D eigenvalue weighted by molar-refractivity contribution is -0.127. The Morgan fingerprint density at radius 3 is 2.46 bits per heavy atom. The molecule has 0 spiro atoms. The fraction of sp³-hybridized carbons (Fsp3) is 0.364. The van der Waals surface area contributed by atoms with Crippen LogP contribution in [0, 0.1) is 5.92 Å². The second-order valence-corrected chi connectivity index (χ2v) is 7.28. The Morgan fingerprint density at radius 2 is 1.73 bits per heavy atom. The van der Waals surface area contributed by atoms with Gasteiger partial charge in [-0.15, -0.1) is 0 Å². The summed E-state index contributed by atoms with van der Waals surface area (Å²) in [5.74, 6) is 0.201. The summed E-state index contributed by atoms with van der Waals surface area (Å²) in [5.41, 5.74) is 3.12. The Kier molecular flexibility index (Phi) is 5.71. The summed E-state index contributed by atoms with van der Waals surface area (Å²) >= 11 is 0. The van der Waals surface area contributed by atoms with Crippen molar-refractivity contribution in [2.45, 2.75) is 39.2 Å². The van der Waals surface area contributed by atoms with Crippen molar-refractivity contribution < 1.29 is 9.59 Å². The average molecular weight is 350 g/mol. The molecule has 4 heteroatoms. The molecule has 0 saturated carbocycles. The Bertz CT molecular complexity index is 771. The van der Waals surface area contributed by atoms with Crippen LogP contribution in [0.5, 0.6) is 0 Å². The summed E-state index contributed by atoms with van der Waals surface area (Å²) in [6.45, 7) is 4.82. The van der Waals surface area contributed by atoms with Crippen molar-refractivity contribution in [2.24, 2.45) is 5.92 Å². The van der Waals surface area contributed by atoms with E-state index in [9.17, 15) is 9.59 Å². The molecule has 1 N–H and O–H groups in total. The number of rotatable bonds is 6. The van der Waals surface area contributed by atoms with E-state index in [1.165, 1.54) is 5.56 Å². The molecule has 1 heterocycles. The van der Waals surface area contributed by atoms with E-state index in [1.54, 1.807) is 0 Å². The van der Waals surface area contributed by atoms with Gasteiger partial charge in [0.1, 0.15) is 6.04 Å². The third-order valence-corrected chi connectivity index (χ3v) is 4.70. The van der Waals surface area contributed by atoms with Gasteiger partial charge in [0.05, 0.1) is 6.42 Å². The molecule has 2 aromatic carbocycles. The van der Waals surface area contributed by atoms with Crippen LogP contribution < -0.4 is 10.2 Å². The van der Waals surface area contributed by atoms with Crippen LogP contribution in [0.1, 0.15) is 31.4 Å². The highest BCUT2D eigenvalue weighted by Gasteiger charge is 2.31. The first kappa shape index (κ1) is 18.2. The lowest BCUT2D eigenvalue weighted by Gasteiger charge is -2.26. The van der Waals surface area contributed by atoms with Gasteiger partial charge in [-0.1, -0.05) is 62.4 Å². The van der Waals surface area contributed by atoms with Crippen molar-refractivity contribution in [1.29, 1.82) is 0 Å². The number of anilines is 1. The van der Waals surface area contributed by atoms with Gasteiger partial charge in [0.15, 0.2) is 0 Å². The van der Waals surface area contributed by atoms with Crippen molar-refractivity contribution in [2.75, 3.05) is 11.4 Å². The number of nitrogens with one attached hydrogen (secondary N) is 1. The van der Waals surface area contributed by atoms with E-state index in [2.05, 4.69) is 25.2 Å². The molecule has 1 aliphatic heterocycles. The Morgan fingerprint density at radius 1 is 1.04 bits per heavy atom. The lowest BCUT2D eigenvalue weighted by atomic mass is 10.0. The first-order valence-corrected chi connectivity index (χ1v) is 9.27. The minimum Gasteiger partial charge on any atom is -0.344 e. The minimum atomic E-state index is -0.489. The topological polar surface area (TPSA) is 49.4 Å². The van der Waals surface area contributed by atoms with Crippen LogP contribution in [-0.4, -0.2) is 24.4 Å². The number of fused-ring (bicyclic) bond motifs is 1. The highest BCUT2D eigenvalue weighted by atomic mass is 16.2. The van der Waals surface area contributed by atoms with E-state index in [4.69, 9.17) is 0 Å². The van der Waals surface area contributed by atoms with Crippen LogP contribution in [0.3, 0.4) is 0 Å². The zero-order valence-electron chi connectivity index (χ0n) is 15.4. The number of amides is 2. The summed E-state index contributed by atoms with van der Waals surface area (Å²) in [6.07, 6.45) is 1.80. The van der Waals surface area contributed by atoms with Gasteiger partial charge in [-0.25, -0.2) is 0 Å². The molecule has 0 bridgehead atoms. The van der Waals surface area contributed by atoms with Crippen molar-refractivity contribution in [3.63, 3.8) is 0 Å². The lowest BCUT2D eigenvalue weighted by Crippen LogP contribution is -2.49. The van der Waals surface area contributed by atoms with E-state index in [0.29, 0.717) is 25.3 Å². The van der Waals surface area contributed by atoms with Gasteiger partial charge < -0.3 is 10.2 Å². The first-order valence-electron chi connectivity index (χ1n) is 9.27. The Hall–Kier alpha value is -2.62. The molecule has 4 nitrogen and oxygen atoms in total. The fourth-order valence-electron chi connectivity index (χ4n) is 3.47. The third-order valence-electron chi connectivity index (χ3n) is 4.70. The average Bonchev–Trinajstić information content (AvgIpc) is 3.05. The number of benzene rings is 2. The molecular formula is C22H26N2O2. The molecule has 0 unspecified atom stereocenters. The standard InChI is InChI=1S/C22H26N2O2/c1-16(2)14-19(23-21(25)15-17-8-4-3-5-9-17)22(26)24-13-12-18-10-6-7-11-20(18)24/h3-11,16,19H,12-15H2,1-2H3,(H,23,25)/t19-/m1/s1. The smallest absolute Gasteiger partial charge is 0.249 e. The van der Waals surface area contributed by atoms with Gasteiger partial charge in [0, 0.05) is 12.2 Å². The number of carbonyl (C=O) groups is 2. The maximum absolute atomic E-state index is 13.1. The fourth-order valence-corrected chi connectivity index (χ4v) is 3.47. The zero-order chi connectivity index (χ0) is 18.5. The third kappa shape index (κ3) is 4.31. The van der Waals surface area contributed by atoms with Gasteiger partial charge in [-0.2, -0.15) is 0 Å². The van der Waals surface area contributed by atoms with E-state index >= 15 is 0 Å². The predicted octanol–water partition coefficient (Wildman–Crippen LogP) is 3.35. The summed E-state index contributed by atoms with van der Waals surface area (Å²) in [7, 11) is 0. The van der Waals surface area contributed by atoms with Crippen molar-refractivity contribution in [1.82, 2.24) is 5.32 Å². The number of para-hydroxylation sites is 1. The van der Waals surface area contributed by atoms with Crippen molar-refractivity contribution in [3.05, 3.63) is 65.7 Å². The van der Waals surface area contributed by atoms with E-state index in [-0.39, 0.29) is 11.8 Å². The maximum Gasteiger partial charge on any atom is 0.249 e. The monoisotopic (exact) mass is 350 g/mol. The van der Waals surface area contributed by atoms with Gasteiger partial charge >= 0.3 is 0 Å². The highest BCUT2D eigenvalue weighted by molar-refractivity contribution is 6.00. The predicted molar refractivity (Wildman–Crippen MR) is 104 cm³/mol. The van der Waals surface area contributed by atoms with Crippen LogP contribution in [0.4, 0.5) is 5.69 Å². The van der Waals surface area contributed by atoms with E-state index < -0.39 is 6.04 Å². The minimum absolute atomic E-state index is 0.00920. The molecule has 0 aliphatic carbocycles. The second-order valence-electron chi connectivity index (χ2n) is 7.28. The maximum atomic E-state index is 13.1. The number of hydrogen-bond donors (Lipinski definition) is 1. The number of carbonyl (C=O) groups excluding carboxylic acids is 2. The van der Waals surface area contributed by atoms with Crippen LogP contribution in [0.15, 0.2) is 54.6 Å². The number of nitrogens with zero attached hydrogens (tertiary/aromatic N) is 1. The van der Waals surface area contributed by atoms with Crippen LogP contribution in [0.25, 0.3) is 0 Å². The van der Waals surface area contributed by atoms with Crippen LogP contribution in [0.2, 0.25) is 0 Å². The van der Waals surface area contributed by atoms with Gasteiger partial charge in [-0.05, 0) is 36.0 Å². The molecule has 3 rings (SSSR count). The zero-order valence-corrected chi connectivity index (χ0v) is 15.4. The molecule has 0 saturated heterocycles. The molecule has 0 radical (unpaired) electrons. The SMILES string of the molecule is CC(C)C[C@@H](NC(=O)Cc1ccccc1)C(=O)N1CCc2ccccc21. The van der Waals surface area contributed by atoms with Gasteiger partial charge in [0.25, 0.3) is 0 Å². The first-order chi connectivity index (χ1) is 12.5. The van der Waals surface area contributed by atoms with Crippen LogP contribution >= 0.6 is 0 Å². The largest absolute Gasteiger partial charge is 0.344 e. The van der Waals surface area contributed by atoms with Crippen molar-refractivity contribution in [3.8, 4) is 0 Å². The van der Waals surface area contributed by atoms with Gasteiger partial charge in [-0.3, -0.25) is 9.59 Å². The molecule has 0 aromatic heterocycles. The number of hydrogen-bond acceptors (Lipinski definition) is 2. The highest BCUT2D eigenvalue weighted by Crippen LogP contribution is 2.28. The summed E-state index contributed by atoms with van der Waals surface area (Å²) in [4.78, 5) is 27.5.